The monoisotopic (exact) mass is 369 g/mol. The first kappa shape index (κ1) is 18.2. The van der Waals surface area contributed by atoms with Crippen LogP contribution in [0.25, 0.3) is 11.0 Å². The minimum atomic E-state index is -0.756. The van der Waals surface area contributed by atoms with E-state index in [0.717, 1.165) is 5.56 Å². The summed E-state index contributed by atoms with van der Waals surface area (Å²) in [4.78, 5) is 40.0. The van der Waals surface area contributed by atoms with Gasteiger partial charge in [0.25, 0.3) is 5.91 Å². The molecule has 1 aromatic heterocycles. The lowest BCUT2D eigenvalue weighted by Crippen LogP contribution is -2.29. The molecule has 140 valence electrons. The zero-order chi connectivity index (χ0) is 19.4. The van der Waals surface area contributed by atoms with Crippen molar-refractivity contribution in [3.05, 3.63) is 68.2 Å². The summed E-state index contributed by atoms with van der Waals surface area (Å²) in [6, 6.07) is 10.3. The molecular formula is C19H19N3O5. The zero-order valence-corrected chi connectivity index (χ0v) is 14.9. The Hall–Kier alpha value is -3.55. The third-order valence-corrected chi connectivity index (χ3v) is 4.13. The van der Waals surface area contributed by atoms with Crippen LogP contribution in [-0.2, 0) is 6.42 Å². The number of nitrogens with one attached hydrogen (secondary N) is 3. The number of hydrogen-bond donors (Lipinski definition) is 3. The molecule has 0 aliphatic carbocycles. The fourth-order valence-corrected chi connectivity index (χ4v) is 2.71. The molecule has 0 bridgehead atoms. The molecule has 27 heavy (non-hydrogen) atoms. The van der Waals surface area contributed by atoms with Crippen molar-refractivity contribution in [2.45, 2.75) is 6.42 Å². The highest BCUT2D eigenvalue weighted by Crippen LogP contribution is 2.27. The van der Waals surface area contributed by atoms with Crippen LogP contribution < -0.4 is 25.9 Å². The van der Waals surface area contributed by atoms with Crippen molar-refractivity contribution >= 4 is 16.9 Å². The van der Waals surface area contributed by atoms with Crippen LogP contribution in [0.3, 0.4) is 0 Å². The Bertz CT molecular complexity index is 1100. The molecule has 0 radical (unpaired) electrons. The molecule has 0 saturated heterocycles. The second-order valence-corrected chi connectivity index (χ2v) is 5.86. The highest BCUT2D eigenvalue weighted by Gasteiger charge is 2.09. The number of aromatic nitrogens is 2. The van der Waals surface area contributed by atoms with Crippen LogP contribution in [-0.4, -0.2) is 36.6 Å². The van der Waals surface area contributed by atoms with Crippen molar-refractivity contribution in [1.29, 1.82) is 0 Å². The summed E-state index contributed by atoms with van der Waals surface area (Å²) in [6.45, 7) is 0.425. The van der Waals surface area contributed by atoms with E-state index in [2.05, 4.69) is 15.3 Å². The zero-order valence-electron chi connectivity index (χ0n) is 14.9. The van der Waals surface area contributed by atoms with Gasteiger partial charge in [0.05, 0.1) is 25.3 Å². The van der Waals surface area contributed by atoms with Gasteiger partial charge in [0.2, 0.25) is 0 Å². The van der Waals surface area contributed by atoms with E-state index in [9.17, 15) is 14.4 Å². The molecular weight excluding hydrogens is 350 g/mol. The topological polar surface area (TPSA) is 113 Å². The molecule has 3 aromatic rings. The Kier molecular flexibility index (Phi) is 5.25. The highest BCUT2D eigenvalue weighted by molar-refractivity contribution is 5.97. The number of ether oxygens (including phenoxy) is 2. The van der Waals surface area contributed by atoms with Crippen LogP contribution in [0.15, 0.2) is 46.0 Å². The fourth-order valence-electron chi connectivity index (χ4n) is 2.71. The molecule has 1 amide bonds. The van der Waals surface area contributed by atoms with Crippen LogP contribution >= 0.6 is 0 Å². The fraction of sp³-hybridized carbons (Fsp3) is 0.211. The number of H-pyrrole nitrogens is 2. The van der Waals surface area contributed by atoms with E-state index in [0.29, 0.717) is 41.1 Å². The van der Waals surface area contributed by atoms with Crippen molar-refractivity contribution in [3.63, 3.8) is 0 Å². The van der Waals surface area contributed by atoms with Gasteiger partial charge in [-0.1, -0.05) is 6.07 Å². The molecule has 8 nitrogen and oxygen atoms in total. The number of fused-ring (bicyclic) bond motifs is 1. The van der Waals surface area contributed by atoms with Crippen molar-refractivity contribution in [2.24, 2.45) is 0 Å². The Morgan fingerprint density at radius 1 is 0.926 bits per heavy atom. The lowest BCUT2D eigenvalue weighted by atomic mass is 10.1. The second-order valence-electron chi connectivity index (χ2n) is 5.86. The number of aromatic amines is 2. The second kappa shape index (κ2) is 7.77. The van der Waals surface area contributed by atoms with Gasteiger partial charge in [-0.15, -0.1) is 0 Å². The van der Waals surface area contributed by atoms with Crippen LogP contribution in [0.1, 0.15) is 15.9 Å². The molecule has 1 heterocycles. The van der Waals surface area contributed by atoms with Gasteiger partial charge in [0, 0.05) is 12.1 Å². The molecule has 0 spiro atoms. The maximum atomic E-state index is 12.3. The first-order valence-corrected chi connectivity index (χ1v) is 8.27. The summed E-state index contributed by atoms with van der Waals surface area (Å²) in [6.07, 6.45) is 0.615. The Morgan fingerprint density at radius 2 is 1.63 bits per heavy atom. The van der Waals surface area contributed by atoms with Crippen molar-refractivity contribution in [2.75, 3.05) is 20.8 Å². The van der Waals surface area contributed by atoms with Crippen molar-refractivity contribution < 1.29 is 14.3 Å². The maximum Gasteiger partial charge on any atom is 0.314 e. The van der Waals surface area contributed by atoms with Crippen LogP contribution in [0.2, 0.25) is 0 Å². The van der Waals surface area contributed by atoms with E-state index < -0.39 is 11.1 Å². The first-order valence-electron chi connectivity index (χ1n) is 8.27. The number of amides is 1. The third-order valence-electron chi connectivity index (χ3n) is 4.13. The van der Waals surface area contributed by atoms with Gasteiger partial charge >= 0.3 is 11.1 Å². The summed E-state index contributed by atoms with van der Waals surface area (Å²) in [5.41, 5.74) is 0.752. The standard InChI is InChI=1S/C19H19N3O5/c1-26-15-6-3-11(9-16(15)27-2)7-8-20-17(23)12-4-5-13-14(10-12)22-19(25)18(24)21-13/h3-6,9-10H,7-8H2,1-2H3,(H,20,23)(H,21,24)(H,22,25). The van der Waals surface area contributed by atoms with E-state index in [-0.39, 0.29) is 5.91 Å². The normalized spacial score (nSPS) is 10.6. The summed E-state index contributed by atoms with van der Waals surface area (Å²) < 4.78 is 10.5. The van der Waals surface area contributed by atoms with Gasteiger partial charge in [-0.25, -0.2) is 0 Å². The first-order chi connectivity index (χ1) is 13.0. The van der Waals surface area contributed by atoms with Gasteiger partial charge in [-0.3, -0.25) is 14.4 Å². The summed E-state index contributed by atoms with van der Waals surface area (Å²) in [5.74, 6) is 1.01. The maximum absolute atomic E-state index is 12.3. The summed E-state index contributed by atoms with van der Waals surface area (Å²) in [5, 5.41) is 2.83. The van der Waals surface area contributed by atoms with E-state index in [1.165, 1.54) is 6.07 Å². The van der Waals surface area contributed by atoms with Crippen LogP contribution in [0.4, 0.5) is 0 Å². The average molecular weight is 369 g/mol. The number of carbonyl (C=O) groups excluding carboxylic acids is 1. The van der Waals surface area contributed by atoms with E-state index in [4.69, 9.17) is 9.47 Å². The van der Waals surface area contributed by atoms with Gasteiger partial charge in [0.1, 0.15) is 0 Å². The Balaban J connectivity index is 1.67. The molecule has 0 unspecified atom stereocenters. The lowest BCUT2D eigenvalue weighted by molar-refractivity contribution is 0.0954. The molecule has 0 saturated carbocycles. The number of methoxy groups -OCH3 is 2. The van der Waals surface area contributed by atoms with Gasteiger partial charge in [-0.2, -0.15) is 0 Å². The molecule has 0 atom stereocenters. The molecule has 3 N–H and O–H groups in total. The van der Waals surface area contributed by atoms with Crippen molar-refractivity contribution in [3.8, 4) is 11.5 Å². The predicted molar refractivity (Wildman–Crippen MR) is 101 cm³/mol. The molecule has 2 aromatic carbocycles. The highest BCUT2D eigenvalue weighted by atomic mass is 16.5. The van der Waals surface area contributed by atoms with Crippen molar-refractivity contribution in [1.82, 2.24) is 15.3 Å². The minimum Gasteiger partial charge on any atom is -0.493 e. The van der Waals surface area contributed by atoms with Crippen LogP contribution in [0.5, 0.6) is 11.5 Å². The Morgan fingerprint density at radius 3 is 2.33 bits per heavy atom. The minimum absolute atomic E-state index is 0.274. The predicted octanol–water partition coefficient (Wildman–Crippen LogP) is 1.21. The van der Waals surface area contributed by atoms with Crippen LogP contribution in [0, 0.1) is 0 Å². The number of hydrogen-bond acceptors (Lipinski definition) is 5. The molecule has 0 aliphatic rings. The van der Waals surface area contributed by atoms with Gasteiger partial charge in [-0.05, 0) is 42.3 Å². The average Bonchev–Trinajstić information content (AvgIpc) is 2.68. The lowest BCUT2D eigenvalue weighted by Gasteiger charge is -2.10. The Labute approximate surface area is 154 Å². The number of rotatable bonds is 6. The quantitative estimate of drug-likeness (QED) is 0.565. The number of benzene rings is 2. The molecule has 0 aliphatic heterocycles. The largest absolute Gasteiger partial charge is 0.493 e. The van der Waals surface area contributed by atoms with E-state index in [1.807, 2.05) is 18.2 Å². The van der Waals surface area contributed by atoms with Gasteiger partial charge in [0.15, 0.2) is 11.5 Å². The third kappa shape index (κ3) is 4.00. The molecule has 8 heteroatoms. The summed E-state index contributed by atoms with van der Waals surface area (Å²) in [7, 11) is 3.14. The van der Waals surface area contributed by atoms with E-state index in [1.54, 1.807) is 26.4 Å². The van der Waals surface area contributed by atoms with Gasteiger partial charge < -0.3 is 24.8 Å². The van der Waals surface area contributed by atoms with E-state index >= 15 is 0 Å². The SMILES string of the molecule is COc1ccc(CCNC(=O)c2ccc3[nH]c(=O)c(=O)[nH]c3c2)cc1OC. The summed E-state index contributed by atoms with van der Waals surface area (Å²) >= 11 is 0. The smallest absolute Gasteiger partial charge is 0.314 e. The number of carbonyl (C=O) groups is 1. The molecule has 0 fully saturated rings. The molecule has 3 rings (SSSR count).